The number of carbonyl (C=O) groups is 1. The van der Waals surface area contributed by atoms with Gasteiger partial charge < -0.3 is 5.11 Å². The fraction of sp³-hybridized carbons (Fsp3) is 0. The van der Waals surface area contributed by atoms with Crippen LogP contribution in [0.5, 0.6) is 5.75 Å². The summed E-state index contributed by atoms with van der Waals surface area (Å²) in [6.45, 7) is 0. The van der Waals surface area contributed by atoms with Crippen molar-refractivity contribution in [2.45, 2.75) is 0 Å². The van der Waals surface area contributed by atoms with E-state index in [4.69, 9.17) is 0 Å². The molecule has 2 rings (SSSR count). The number of hydrogen-bond acceptors (Lipinski definition) is 4. The van der Waals surface area contributed by atoms with Crippen LogP contribution in [0, 0.1) is 0 Å². The van der Waals surface area contributed by atoms with Crippen LogP contribution in [0.3, 0.4) is 0 Å². The molecule has 0 bridgehead atoms. The normalized spacial score (nSPS) is 9.94. The molecule has 86 valence electrons. The number of halogens is 1. The minimum Gasteiger partial charge on any atom is -0.508 e. The van der Waals surface area contributed by atoms with E-state index in [2.05, 4.69) is 31.2 Å². The van der Waals surface area contributed by atoms with E-state index in [1.807, 2.05) is 0 Å². The molecule has 2 N–H and O–H groups in total. The summed E-state index contributed by atoms with van der Waals surface area (Å²) in [5.41, 5.74) is 0.344. The molecule has 0 aliphatic rings. The van der Waals surface area contributed by atoms with Gasteiger partial charge in [-0.2, -0.15) is 0 Å². The fourth-order valence-electron chi connectivity index (χ4n) is 1.20. The van der Waals surface area contributed by atoms with Gasteiger partial charge in [-0.15, -0.1) is 0 Å². The van der Waals surface area contributed by atoms with Gasteiger partial charge in [0.15, 0.2) is 0 Å². The number of benzene rings is 1. The SMILES string of the molecule is O=C(Nc1ncc(Br)cn1)c1cccc(O)c1. The van der Waals surface area contributed by atoms with Crippen molar-refractivity contribution in [3.63, 3.8) is 0 Å². The van der Waals surface area contributed by atoms with Crippen molar-refractivity contribution in [2.75, 3.05) is 5.32 Å². The number of anilines is 1. The van der Waals surface area contributed by atoms with Gasteiger partial charge >= 0.3 is 0 Å². The lowest BCUT2D eigenvalue weighted by Gasteiger charge is -2.03. The Bertz CT molecular complexity index is 543. The molecule has 6 heteroatoms. The molecule has 2 aromatic rings. The Labute approximate surface area is 106 Å². The molecule has 0 unspecified atom stereocenters. The van der Waals surface area contributed by atoms with Crippen molar-refractivity contribution < 1.29 is 9.90 Å². The number of phenolic OH excluding ortho intramolecular Hbond substituents is 1. The molecule has 0 saturated heterocycles. The Morgan fingerprint density at radius 1 is 1.29 bits per heavy atom. The molecule has 0 atom stereocenters. The first-order chi connectivity index (χ1) is 8.15. The van der Waals surface area contributed by atoms with Gasteiger partial charge in [0.25, 0.3) is 5.91 Å². The van der Waals surface area contributed by atoms with E-state index in [-0.39, 0.29) is 17.6 Å². The number of nitrogens with zero attached hydrogens (tertiary/aromatic N) is 2. The number of rotatable bonds is 2. The number of nitrogens with one attached hydrogen (secondary N) is 1. The van der Waals surface area contributed by atoms with Crippen molar-refractivity contribution in [3.05, 3.63) is 46.7 Å². The molecule has 1 amide bonds. The first-order valence-electron chi connectivity index (χ1n) is 4.73. The summed E-state index contributed by atoms with van der Waals surface area (Å²) < 4.78 is 0.729. The molecular weight excluding hydrogens is 286 g/mol. The van der Waals surface area contributed by atoms with Gasteiger partial charge in [0.2, 0.25) is 5.95 Å². The van der Waals surface area contributed by atoms with Crippen LogP contribution in [0.2, 0.25) is 0 Å². The van der Waals surface area contributed by atoms with Gasteiger partial charge in [-0.05, 0) is 34.1 Å². The number of hydrogen-bond donors (Lipinski definition) is 2. The largest absolute Gasteiger partial charge is 0.508 e. The number of amides is 1. The lowest BCUT2D eigenvalue weighted by molar-refractivity contribution is 0.102. The van der Waals surface area contributed by atoms with E-state index in [9.17, 15) is 9.90 Å². The summed E-state index contributed by atoms with van der Waals surface area (Å²) in [4.78, 5) is 19.6. The fourth-order valence-corrected chi connectivity index (χ4v) is 1.40. The summed E-state index contributed by atoms with van der Waals surface area (Å²) in [6.07, 6.45) is 3.07. The molecule has 0 saturated carbocycles. The Hall–Kier alpha value is -1.95. The second-order valence-corrected chi connectivity index (χ2v) is 4.15. The lowest BCUT2D eigenvalue weighted by atomic mass is 10.2. The summed E-state index contributed by atoms with van der Waals surface area (Å²) in [6, 6.07) is 6.04. The monoisotopic (exact) mass is 293 g/mol. The second-order valence-electron chi connectivity index (χ2n) is 3.23. The van der Waals surface area contributed by atoms with Crippen LogP contribution in [-0.4, -0.2) is 21.0 Å². The van der Waals surface area contributed by atoms with Gasteiger partial charge in [-0.1, -0.05) is 6.07 Å². The van der Waals surface area contributed by atoms with E-state index in [0.717, 1.165) is 4.47 Å². The molecule has 1 aromatic carbocycles. The Kier molecular flexibility index (Phi) is 3.34. The number of carbonyl (C=O) groups excluding carboxylic acids is 1. The van der Waals surface area contributed by atoms with Crippen LogP contribution in [0.4, 0.5) is 5.95 Å². The van der Waals surface area contributed by atoms with E-state index >= 15 is 0 Å². The molecule has 0 radical (unpaired) electrons. The smallest absolute Gasteiger partial charge is 0.258 e. The predicted octanol–water partition coefficient (Wildman–Crippen LogP) is 2.20. The highest BCUT2D eigenvalue weighted by atomic mass is 79.9. The van der Waals surface area contributed by atoms with Crippen LogP contribution in [0.15, 0.2) is 41.1 Å². The Morgan fingerprint density at radius 2 is 2.00 bits per heavy atom. The third kappa shape index (κ3) is 3.01. The van der Waals surface area contributed by atoms with Crippen molar-refractivity contribution >= 4 is 27.8 Å². The summed E-state index contributed by atoms with van der Waals surface area (Å²) in [5.74, 6) is -0.126. The topological polar surface area (TPSA) is 75.1 Å². The molecule has 5 nitrogen and oxygen atoms in total. The highest BCUT2D eigenvalue weighted by Gasteiger charge is 2.07. The van der Waals surface area contributed by atoms with Gasteiger partial charge in [0.1, 0.15) is 5.75 Å². The van der Waals surface area contributed by atoms with Gasteiger partial charge in [-0.25, -0.2) is 9.97 Å². The van der Waals surface area contributed by atoms with E-state index in [0.29, 0.717) is 5.56 Å². The maximum Gasteiger partial charge on any atom is 0.258 e. The number of phenols is 1. The zero-order valence-electron chi connectivity index (χ0n) is 8.59. The molecule has 0 aliphatic carbocycles. The highest BCUT2D eigenvalue weighted by Crippen LogP contribution is 2.12. The van der Waals surface area contributed by atoms with Crippen LogP contribution in [-0.2, 0) is 0 Å². The summed E-state index contributed by atoms with van der Waals surface area (Å²) in [7, 11) is 0. The Morgan fingerprint density at radius 3 is 2.65 bits per heavy atom. The van der Waals surface area contributed by atoms with Crippen molar-refractivity contribution in [1.29, 1.82) is 0 Å². The van der Waals surface area contributed by atoms with Crippen molar-refractivity contribution in [3.8, 4) is 5.75 Å². The quantitative estimate of drug-likeness (QED) is 0.890. The lowest BCUT2D eigenvalue weighted by Crippen LogP contribution is -2.13. The summed E-state index contributed by atoms with van der Waals surface area (Å²) in [5, 5.41) is 11.8. The number of aromatic nitrogens is 2. The molecular formula is C11H8BrN3O2. The van der Waals surface area contributed by atoms with Crippen LogP contribution < -0.4 is 5.32 Å². The van der Waals surface area contributed by atoms with Gasteiger partial charge in [0.05, 0.1) is 4.47 Å². The van der Waals surface area contributed by atoms with Crippen LogP contribution in [0.25, 0.3) is 0 Å². The Balaban J connectivity index is 2.14. The summed E-state index contributed by atoms with van der Waals surface area (Å²) >= 11 is 3.20. The molecule has 0 spiro atoms. The second kappa shape index (κ2) is 4.92. The van der Waals surface area contributed by atoms with E-state index in [1.54, 1.807) is 12.1 Å². The van der Waals surface area contributed by atoms with Crippen LogP contribution in [0.1, 0.15) is 10.4 Å². The highest BCUT2D eigenvalue weighted by molar-refractivity contribution is 9.10. The minimum absolute atomic E-state index is 0.0365. The number of aromatic hydroxyl groups is 1. The average molecular weight is 294 g/mol. The van der Waals surface area contributed by atoms with Gasteiger partial charge in [-0.3, -0.25) is 10.1 Å². The predicted molar refractivity (Wildman–Crippen MR) is 65.8 cm³/mol. The molecule has 0 fully saturated rings. The van der Waals surface area contributed by atoms with Crippen LogP contribution >= 0.6 is 15.9 Å². The maximum absolute atomic E-state index is 11.7. The molecule has 17 heavy (non-hydrogen) atoms. The average Bonchev–Trinajstić information content (AvgIpc) is 2.32. The van der Waals surface area contributed by atoms with Crippen molar-refractivity contribution in [1.82, 2.24) is 9.97 Å². The third-order valence-electron chi connectivity index (χ3n) is 1.95. The van der Waals surface area contributed by atoms with E-state index < -0.39 is 0 Å². The zero-order valence-corrected chi connectivity index (χ0v) is 10.2. The first-order valence-corrected chi connectivity index (χ1v) is 5.52. The third-order valence-corrected chi connectivity index (χ3v) is 2.36. The zero-order chi connectivity index (χ0) is 12.3. The molecule has 1 heterocycles. The minimum atomic E-state index is -0.372. The van der Waals surface area contributed by atoms with Gasteiger partial charge in [0, 0.05) is 18.0 Å². The first kappa shape index (κ1) is 11.5. The van der Waals surface area contributed by atoms with E-state index in [1.165, 1.54) is 24.5 Å². The molecule has 0 aliphatic heterocycles. The standard InChI is InChI=1S/C11H8BrN3O2/c12-8-5-13-11(14-6-8)15-10(17)7-2-1-3-9(16)4-7/h1-6,16H,(H,13,14,15,17). The van der Waals surface area contributed by atoms with Crippen molar-refractivity contribution in [2.24, 2.45) is 0 Å². The maximum atomic E-state index is 11.7. The molecule has 1 aromatic heterocycles.